The molecule has 1 N–H and O–H groups in total. The number of phenolic OH excluding ortho intramolecular Hbond substituents is 1. The smallest absolute Gasteiger partial charge is 0.116 e. The number of nitrogens with zero attached hydrogens (tertiary/aromatic N) is 1. The molecule has 0 aliphatic rings. The van der Waals surface area contributed by atoms with Gasteiger partial charge in [0.1, 0.15) is 5.75 Å². The van der Waals surface area contributed by atoms with Gasteiger partial charge in [0.2, 0.25) is 0 Å². The van der Waals surface area contributed by atoms with Crippen LogP contribution in [0, 0.1) is 6.92 Å². The van der Waals surface area contributed by atoms with E-state index in [2.05, 4.69) is 4.98 Å². The van der Waals surface area contributed by atoms with E-state index in [0.29, 0.717) is 5.75 Å². The Morgan fingerprint density at radius 2 is 2.17 bits per heavy atom. The standard InChI is InChI=1S/C10H9NO/c1-7-4-9(12)5-8-6-11-3-2-10(7)8/h2-6,12H,1H3. The molecule has 0 fully saturated rings. The molecule has 0 unspecified atom stereocenters. The van der Waals surface area contributed by atoms with Gasteiger partial charge in [-0.3, -0.25) is 4.98 Å². The number of aromatic hydroxyl groups is 1. The van der Waals surface area contributed by atoms with Crippen molar-refractivity contribution in [2.75, 3.05) is 0 Å². The van der Waals surface area contributed by atoms with Crippen molar-refractivity contribution >= 4 is 10.8 Å². The minimum absolute atomic E-state index is 0.299. The van der Waals surface area contributed by atoms with Crippen molar-refractivity contribution in [3.8, 4) is 5.75 Å². The highest BCUT2D eigenvalue weighted by Crippen LogP contribution is 2.22. The highest BCUT2D eigenvalue weighted by atomic mass is 16.3. The van der Waals surface area contributed by atoms with Crippen LogP contribution in [0.15, 0.2) is 30.6 Å². The molecule has 0 saturated heterocycles. The van der Waals surface area contributed by atoms with Gasteiger partial charge in [-0.2, -0.15) is 0 Å². The first kappa shape index (κ1) is 7.10. The molecule has 2 nitrogen and oxygen atoms in total. The summed E-state index contributed by atoms with van der Waals surface area (Å²) in [6.07, 6.45) is 3.51. The van der Waals surface area contributed by atoms with Crippen LogP contribution in [-0.4, -0.2) is 10.1 Å². The second kappa shape index (κ2) is 2.48. The predicted molar refractivity (Wildman–Crippen MR) is 48.1 cm³/mol. The predicted octanol–water partition coefficient (Wildman–Crippen LogP) is 2.25. The molecule has 1 aromatic heterocycles. The summed E-state index contributed by atoms with van der Waals surface area (Å²) in [6.45, 7) is 1.97. The summed E-state index contributed by atoms with van der Waals surface area (Å²) in [4.78, 5) is 3.98. The molecule has 2 aromatic rings. The number of pyridine rings is 1. The van der Waals surface area contributed by atoms with E-state index in [1.807, 2.05) is 13.0 Å². The summed E-state index contributed by atoms with van der Waals surface area (Å²) >= 11 is 0. The van der Waals surface area contributed by atoms with Crippen LogP contribution in [0.1, 0.15) is 5.56 Å². The zero-order valence-electron chi connectivity index (χ0n) is 6.78. The summed E-state index contributed by atoms with van der Waals surface area (Å²) in [5, 5.41) is 11.4. The topological polar surface area (TPSA) is 33.1 Å². The van der Waals surface area contributed by atoms with Gasteiger partial charge in [-0.15, -0.1) is 0 Å². The zero-order valence-corrected chi connectivity index (χ0v) is 6.78. The van der Waals surface area contributed by atoms with Crippen molar-refractivity contribution in [2.24, 2.45) is 0 Å². The third kappa shape index (κ3) is 1.01. The molecule has 0 amide bonds. The van der Waals surface area contributed by atoms with E-state index in [0.717, 1.165) is 16.3 Å². The van der Waals surface area contributed by atoms with E-state index >= 15 is 0 Å². The van der Waals surface area contributed by atoms with Crippen molar-refractivity contribution < 1.29 is 5.11 Å². The Morgan fingerprint density at radius 1 is 1.33 bits per heavy atom. The number of phenols is 1. The Kier molecular flexibility index (Phi) is 1.47. The van der Waals surface area contributed by atoms with Crippen LogP contribution in [0.3, 0.4) is 0 Å². The Bertz CT molecular complexity index is 423. The number of hydrogen-bond acceptors (Lipinski definition) is 2. The monoisotopic (exact) mass is 159 g/mol. The number of aromatic nitrogens is 1. The van der Waals surface area contributed by atoms with Crippen molar-refractivity contribution in [1.82, 2.24) is 4.98 Å². The number of aryl methyl sites for hydroxylation is 1. The summed E-state index contributed by atoms with van der Waals surface area (Å²) in [5.74, 6) is 0.299. The first-order valence-corrected chi connectivity index (χ1v) is 3.81. The lowest BCUT2D eigenvalue weighted by atomic mass is 10.1. The summed E-state index contributed by atoms with van der Waals surface area (Å²) in [7, 11) is 0. The molecule has 0 spiro atoms. The van der Waals surface area contributed by atoms with Crippen LogP contribution in [0.25, 0.3) is 10.8 Å². The number of benzene rings is 1. The molecule has 0 saturated carbocycles. The van der Waals surface area contributed by atoms with Gasteiger partial charge in [0, 0.05) is 17.8 Å². The molecular formula is C10H9NO. The van der Waals surface area contributed by atoms with Crippen LogP contribution in [0.4, 0.5) is 0 Å². The quantitative estimate of drug-likeness (QED) is 0.639. The van der Waals surface area contributed by atoms with Crippen LogP contribution in [0.2, 0.25) is 0 Å². The van der Waals surface area contributed by atoms with Crippen LogP contribution < -0.4 is 0 Å². The van der Waals surface area contributed by atoms with E-state index in [1.165, 1.54) is 0 Å². The van der Waals surface area contributed by atoms with E-state index in [9.17, 15) is 5.11 Å². The van der Waals surface area contributed by atoms with Crippen molar-refractivity contribution in [3.05, 3.63) is 36.2 Å². The van der Waals surface area contributed by atoms with Gasteiger partial charge < -0.3 is 5.11 Å². The molecule has 1 heterocycles. The molecule has 2 heteroatoms. The maximum Gasteiger partial charge on any atom is 0.116 e. The fourth-order valence-electron chi connectivity index (χ4n) is 1.38. The van der Waals surface area contributed by atoms with Gasteiger partial charge in [-0.05, 0) is 36.1 Å². The molecular weight excluding hydrogens is 150 g/mol. The fourth-order valence-corrected chi connectivity index (χ4v) is 1.38. The molecule has 0 aliphatic carbocycles. The van der Waals surface area contributed by atoms with Crippen molar-refractivity contribution in [1.29, 1.82) is 0 Å². The molecule has 60 valence electrons. The normalized spacial score (nSPS) is 10.4. The Hall–Kier alpha value is -1.57. The second-order valence-corrected chi connectivity index (χ2v) is 2.86. The zero-order chi connectivity index (χ0) is 8.55. The molecule has 1 aromatic carbocycles. The number of rotatable bonds is 0. The van der Waals surface area contributed by atoms with Gasteiger partial charge in [-0.1, -0.05) is 0 Å². The Labute approximate surface area is 70.5 Å². The first-order chi connectivity index (χ1) is 5.77. The van der Waals surface area contributed by atoms with Crippen molar-refractivity contribution in [2.45, 2.75) is 6.92 Å². The summed E-state index contributed by atoms with van der Waals surface area (Å²) in [5.41, 5.74) is 1.08. The largest absolute Gasteiger partial charge is 0.508 e. The SMILES string of the molecule is Cc1cc(O)cc2cnccc12. The molecule has 2 rings (SSSR count). The maximum atomic E-state index is 9.28. The van der Waals surface area contributed by atoms with Gasteiger partial charge in [-0.25, -0.2) is 0 Å². The van der Waals surface area contributed by atoms with Gasteiger partial charge in [0.05, 0.1) is 0 Å². The van der Waals surface area contributed by atoms with Gasteiger partial charge in [0.25, 0.3) is 0 Å². The summed E-state index contributed by atoms with van der Waals surface area (Å²) < 4.78 is 0. The third-order valence-corrected chi connectivity index (χ3v) is 1.94. The molecule has 0 aliphatic heterocycles. The molecule has 0 radical (unpaired) electrons. The van der Waals surface area contributed by atoms with Gasteiger partial charge >= 0.3 is 0 Å². The van der Waals surface area contributed by atoms with E-state index in [1.54, 1.807) is 24.5 Å². The first-order valence-electron chi connectivity index (χ1n) is 3.81. The minimum atomic E-state index is 0.299. The second-order valence-electron chi connectivity index (χ2n) is 2.86. The molecule has 12 heavy (non-hydrogen) atoms. The van der Waals surface area contributed by atoms with E-state index in [4.69, 9.17) is 0 Å². The lowest BCUT2D eigenvalue weighted by Gasteiger charge is -2.01. The Morgan fingerprint density at radius 3 is 3.00 bits per heavy atom. The van der Waals surface area contributed by atoms with E-state index < -0.39 is 0 Å². The lowest BCUT2D eigenvalue weighted by Crippen LogP contribution is -1.79. The minimum Gasteiger partial charge on any atom is -0.508 e. The third-order valence-electron chi connectivity index (χ3n) is 1.94. The average molecular weight is 159 g/mol. The number of fused-ring (bicyclic) bond motifs is 1. The number of hydrogen-bond donors (Lipinski definition) is 1. The van der Waals surface area contributed by atoms with Gasteiger partial charge in [0.15, 0.2) is 0 Å². The molecule has 0 atom stereocenters. The van der Waals surface area contributed by atoms with Crippen LogP contribution in [-0.2, 0) is 0 Å². The highest BCUT2D eigenvalue weighted by Gasteiger charge is 1.98. The fraction of sp³-hybridized carbons (Fsp3) is 0.100. The lowest BCUT2D eigenvalue weighted by molar-refractivity contribution is 0.476. The molecule has 0 bridgehead atoms. The van der Waals surface area contributed by atoms with Crippen LogP contribution >= 0.6 is 0 Å². The summed E-state index contributed by atoms with van der Waals surface area (Å²) in [6, 6.07) is 5.42. The van der Waals surface area contributed by atoms with E-state index in [-0.39, 0.29) is 0 Å². The van der Waals surface area contributed by atoms with Crippen molar-refractivity contribution in [3.63, 3.8) is 0 Å². The maximum absolute atomic E-state index is 9.28. The van der Waals surface area contributed by atoms with Crippen LogP contribution in [0.5, 0.6) is 5.75 Å². The highest BCUT2D eigenvalue weighted by molar-refractivity contribution is 5.85. The average Bonchev–Trinajstić information content (AvgIpc) is 2.04. The Balaban J connectivity index is 2.89.